The Bertz CT molecular complexity index is 715. The van der Waals surface area contributed by atoms with Gasteiger partial charge in [-0.15, -0.1) is 0 Å². The maximum Gasteiger partial charge on any atom is 0.307 e. The minimum Gasteiger partial charge on any atom is -0.481 e. The monoisotopic (exact) mass is 284 g/mol. The van der Waals surface area contributed by atoms with E-state index in [-0.39, 0.29) is 11.8 Å². The van der Waals surface area contributed by atoms with Gasteiger partial charge >= 0.3 is 5.97 Å². The van der Waals surface area contributed by atoms with Crippen LogP contribution in [0, 0.1) is 12.8 Å². The van der Waals surface area contributed by atoms with Gasteiger partial charge in [0.05, 0.1) is 17.0 Å². The topological polar surface area (TPSA) is 55.1 Å². The molecule has 1 aromatic carbocycles. The largest absolute Gasteiger partial charge is 0.481 e. The Morgan fingerprint density at radius 2 is 2.10 bits per heavy atom. The number of carboxylic acid groups (broad SMARTS) is 1. The van der Waals surface area contributed by atoms with Crippen LogP contribution in [0.4, 0.5) is 0 Å². The third kappa shape index (κ3) is 2.04. The zero-order valence-corrected chi connectivity index (χ0v) is 12.2. The van der Waals surface area contributed by atoms with Crippen LogP contribution in [-0.4, -0.2) is 20.6 Å². The predicted octanol–water partition coefficient (Wildman–Crippen LogP) is 3.65. The number of aryl methyl sites for hydroxylation is 1. The molecule has 2 atom stereocenters. The number of hydrogen-bond donors (Lipinski definition) is 1. The molecule has 0 amide bonds. The van der Waals surface area contributed by atoms with Crippen molar-refractivity contribution in [3.63, 3.8) is 0 Å². The van der Waals surface area contributed by atoms with E-state index in [1.807, 2.05) is 0 Å². The molecule has 4 rings (SSSR count). The summed E-state index contributed by atoms with van der Waals surface area (Å²) >= 11 is 0. The van der Waals surface area contributed by atoms with E-state index in [2.05, 4.69) is 29.7 Å². The van der Waals surface area contributed by atoms with E-state index < -0.39 is 5.97 Å². The van der Waals surface area contributed by atoms with Crippen LogP contribution >= 0.6 is 0 Å². The number of fused-ring (bicyclic) bond motifs is 1. The third-order valence-corrected chi connectivity index (χ3v) is 4.95. The van der Waals surface area contributed by atoms with Crippen molar-refractivity contribution >= 4 is 17.0 Å². The van der Waals surface area contributed by atoms with Gasteiger partial charge in [0.15, 0.2) is 0 Å². The van der Waals surface area contributed by atoms with Crippen LogP contribution in [0.15, 0.2) is 18.2 Å². The number of rotatable bonds is 3. The number of carboxylic acids is 1. The zero-order chi connectivity index (χ0) is 14.6. The third-order valence-electron chi connectivity index (χ3n) is 4.95. The summed E-state index contributed by atoms with van der Waals surface area (Å²) in [6.45, 7) is 2.07. The van der Waals surface area contributed by atoms with E-state index in [4.69, 9.17) is 4.98 Å². The molecule has 2 aliphatic carbocycles. The normalized spacial score (nSPS) is 25.6. The second-order valence-electron chi connectivity index (χ2n) is 6.55. The lowest BCUT2D eigenvalue weighted by molar-refractivity contribution is -0.142. The van der Waals surface area contributed by atoms with Gasteiger partial charge in [0, 0.05) is 12.0 Å². The Hall–Kier alpha value is -1.84. The first-order valence-electron chi connectivity index (χ1n) is 7.86. The Labute approximate surface area is 123 Å². The molecular formula is C17H20N2O2. The van der Waals surface area contributed by atoms with Crippen molar-refractivity contribution in [3.8, 4) is 0 Å². The molecule has 4 nitrogen and oxygen atoms in total. The van der Waals surface area contributed by atoms with E-state index >= 15 is 0 Å². The first kappa shape index (κ1) is 12.9. The second kappa shape index (κ2) is 4.58. The highest BCUT2D eigenvalue weighted by Crippen LogP contribution is 2.45. The summed E-state index contributed by atoms with van der Waals surface area (Å²) < 4.78 is 2.33. The molecule has 4 heteroatoms. The van der Waals surface area contributed by atoms with E-state index in [0.29, 0.717) is 6.04 Å². The number of nitrogens with zero attached hydrogens (tertiary/aromatic N) is 2. The van der Waals surface area contributed by atoms with E-state index in [1.54, 1.807) is 0 Å². The Morgan fingerprint density at radius 1 is 1.29 bits per heavy atom. The lowest BCUT2D eigenvalue weighted by Gasteiger charge is -2.17. The molecule has 21 heavy (non-hydrogen) atoms. The van der Waals surface area contributed by atoms with Crippen molar-refractivity contribution < 1.29 is 9.90 Å². The Morgan fingerprint density at radius 3 is 2.81 bits per heavy atom. The Balaban J connectivity index is 1.87. The lowest BCUT2D eigenvalue weighted by atomic mass is 9.95. The highest BCUT2D eigenvalue weighted by molar-refractivity contribution is 5.78. The van der Waals surface area contributed by atoms with Crippen LogP contribution in [0.2, 0.25) is 0 Å². The van der Waals surface area contributed by atoms with Gasteiger partial charge in [-0.2, -0.15) is 0 Å². The van der Waals surface area contributed by atoms with Gasteiger partial charge in [-0.05, 0) is 50.3 Å². The van der Waals surface area contributed by atoms with Gasteiger partial charge in [-0.25, -0.2) is 4.98 Å². The van der Waals surface area contributed by atoms with Gasteiger partial charge in [0.1, 0.15) is 5.82 Å². The lowest BCUT2D eigenvalue weighted by Crippen LogP contribution is -2.20. The molecular weight excluding hydrogens is 264 g/mol. The quantitative estimate of drug-likeness (QED) is 0.936. The number of hydrogen-bond acceptors (Lipinski definition) is 2. The molecule has 2 aliphatic rings. The fraction of sp³-hybridized carbons (Fsp3) is 0.529. The minimum absolute atomic E-state index is 0.0795. The molecule has 0 saturated heterocycles. The maximum atomic E-state index is 11.5. The molecule has 0 aliphatic heterocycles. The molecule has 0 spiro atoms. The Kier molecular flexibility index (Phi) is 2.81. The minimum atomic E-state index is -0.664. The van der Waals surface area contributed by atoms with Crippen molar-refractivity contribution in [2.75, 3.05) is 0 Å². The van der Waals surface area contributed by atoms with Gasteiger partial charge in [0.25, 0.3) is 0 Å². The SMILES string of the molecule is Cc1ccc2c(c1)nc(C1CCCC1C(=O)O)n2C1CC1. The van der Waals surface area contributed by atoms with Crippen LogP contribution in [0.25, 0.3) is 11.0 Å². The predicted molar refractivity (Wildman–Crippen MR) is 80.5 cm³/mol. The number of aliphatic carboxylic acids is 1. The number of aromatic nitrogens is 2. The molecule has 110 valence electrons. The molecule has 2 saturated carbocycles. The van der Waals surface area contributed by atoms with Crippen LogP contribution in [-0.2, 0) is 4.79 Å². The molecule has 0 radical (unpaired) electrons. The van der Waals surface area contributed by atoms with Crippen LogP contribution in [0.1, 0.15) is 55.5 Å². The van der Waals surface area contributed by atoms with Crippen molar-refractivity contribution in [2.24, 2.45) is 5.92 Å². The second-order valence-corrected chi connectivity index (χ2v) is 6.55. The fourth-order valence-electron chi connectivity index (χ4n) is 3.77. The molecule has 0 bridgehead atoms. The van der Waals surface area contributed by atoms with Crippen LogP contribution < -0.4 is 0 Å². The summed E-state index contributed by atoms with van der Waals surface area (Å²) in [6, 6.07) is 6.91. The number of imidazole rings is 1. The van der Waals surface area contributed by atoms with Gasteiger partial charge in [-0.1, -0.05) is 12.5 Å². The van der Waals surface area contributed by atoms with Crippen molar-refractivity contribution in [2.45, 2.75) is 51.0 Å². The molecule has 2 aromatic rings. The summed E-state index contributed by atoms with van der Waals surface area (Å²) in [5, 5.41) is 9.47. The van der Waals surface area contributed by atoms with E-state index in [9.17, 15) is 9.90 Å². The van der Waals surface area contributed by atoms with Crippen LogP contribution in [0.3, 0.4) is 0 Å². The van der Waals surface area contributed by atoms with Gasteiger partial charge < -0.3 is 9.67 Å². The van der Waals surface area contributed by atoms with Gasteiger partial charge in [0.2, 0.25) is 0 Å². The molecule has 1 N–H and O–H groups in total. The number of benzene rings is 1. The van der Waals surface area contributed by atoms with Crippen LogP contribution in [0.5, 0.6) is 0 Å². The summed E-state index contributed by atoms with van der Waals surface area (Å²) in [5.74, 6) is 0.169. The molecule has 2 unspecified atom stereocenters. The highest BCUT2D eigenvalue weighted by atomic mass is 16.4. The molecule has 2 fully saturated rings. The van der Waals surface area contributed by atoms with Crippen molar-refractivity contribution in [1.82, 2.24) is 9.55 Å². The van der Waals surface area contributed by atoms with E-state index in [0.717, 1.165) is 30.6 Å². The standard InChI is InChI=1S/C17H20N2O2/c1-10-5-8-15-14(9-10)18-16(19(15)11-6-7-11)12-3-2-4-13(12)17(20)21/h5,8-9,11-13H,2-4,6-7H2,1H3,(H,20,21). The van der Waals surface area contributed by atoms with Crippen molar-refractivity contribution in [1.29, 1.82) is 0 Å². The first-order valence-corrected chi connectivity index (χ1v) is 7.86. The first-order chi connectivity index (χ1) is 10.1. The summed E-state index contributed by atoms with van der Waals surface area (Å²) in [5.41, 5.74) is 3.40. The molecule has 1 aromatic heterocycles. The average Bonchev–Trinajstić information content (AvgIpc) is 3.03. The zero-order valence-electron chi connectivity index (χ0n) is 12.2. The summed E-state index contributed by atoms with van der Waals surface area (Å²) in [4.78, 5) is 16.4. The highest BCUT2D eigenvalue weighted by Gasteiger charge is 2.39. The fourth-order valence-corrected chi connectivity index (χ4v) is 3.77. The molecule has 1 heterocycles. The summed E-state index contributed by atoms with van der Waals surface area (Å²) in [6.07, 6.45) is 5.11. The van der Waals surface area contributed by atoms with E-state index in [1.165, 1.54) is 23.9 Å². The van der Waals surface area contributed by atoms with Crippen molar-refractivity contribution in [3.05, 3.63) is 29.6 Å². The summed E-state index contributed by atoms with van der Waals surface area (Å²) in [7, 11) is 0. The number of carbonyl (C=O) groups is 1. The maximum absolute atomic E-state index is 11.5. The average molecular weight is 284 g/mol. The van der Waals surface area contributed by atoms with Gasteiger partial charge in [-0.3, -0.25) is 4.79 Å². The smallest absolute Gasteiger partial charge is 0.307 e.